The summed E-state index contributed by atoms with van der Waals surface area (Å²) in [5.74, 6) is 0.722. The summed E-state index contributed by atoms with van der Waals surface area (Å²) in [6.07, 6.45) is 3.20. The van der Waals surface area contributed by atoms with E-state index in [4.69, 9.17) is 0 Å². The molecule has 3 rings (SSSR count). The van der Waals surface area contributed by atoms with Gasteiger partial charge in [-0.05, 0) is 32.3 Å². The lowest BCUT2D eigenvalue weighted by Gasteiger charge is -2.41. The van der Waals surface area contributed by atoms with E-state index in [-0.39, 0.29) is 11.2 Å². The zero-order chi connectivity index (χ0) is 14.9. The molecular formula is C17H20FN3. The normalized spacial score (nSPS) is 16.3. The second kappa shape index (κ2) is 5.43. The van der Waals surface area contributed by atoms with Gasteiger partial charge in [0.15, 0.2) is 11.6 Å². The lowest BCUT2D eigenvalue weighted by molar-refractivity contribution is 0.284. The third kappa shape index (κ3) is 2.28. The Morgan fingerprint density at radius 2 is 1.90 bits per heavy atom. The standard InChI is InChI=1S/C17H20FN3/c1-3-19-15-14(18)12(2)20-16(21-15)17(10-7-11-17)13-8-5-4-6-9-13/h4-6,8-9H,3,7,10-11H2,1-2H3,(H,19,20,21). The molecular weight excluding hydrogens is 265 g/mol. The summed E-state index contributed by atoms with van der Waals surface area (Å²) in [6.45, 7) is 4.29. The Balaban J connectivity index is 2.10. The summed E-state index contributed by atoms with van der Waals surface area (Å²) in [7, 11) is 0. The summed E-state index contributed by atoms with van der Waals surface area (Å²) in [5, 5.41) is 3.00. The van der Waals surface area contributed by atoms with Gasteiger partial charge in [-0.1, -0.05) is 36.8 Å². The third-order valence-electron chi connectivity index (χ3n) is 4.32. The fourth-order valence-corrected chi connectivity index (χ4v) is 2.99. The van der Waals surface area contributed by atoms with Gasteiger partial charge >= 0.3 is 0 Å². The van der Waals surface area contributed by atoms with E-state index >= 15 is 0 Å². The van der Waals surface area contributed by atoms with Crippen LogP contribution < -0.4 is 5.32 Å². The summed E-state index contributed by atoms with van der Waals surface area (Å²) < 4.78 is 14.1. The van der Waals surface area contributed by atoms with Crippen LogP contribution >= 0.6 is 0 Å². The van der Waals surface area contributed by atoms with Crippen LogP contribution in [0.25, 0.3) is 0 Å². The summed E-state index contributed by atoms with van der Waals surface area (Å²) in [4.78, 5) is 8.96. The molecule has 0 radical (unpaired) electrons. The highest BCUT2D eigenvalue weighted by molar-refractivity contribution is 5.43. The van der Waals surface area contributed by atoms with Crippen molar-refractivity contribution in [1.82, 2.24) is 9.97 Å². The number of aromatic nitrogens is 2. The molecule has 1 heterocycles. The molecule has 0 unspecified atom stereocenters. The maximum atomic E-state index is 14.1. The average Bonchev–Trinajstić information content (AvgIpc) is 2.44. The molecule has 2 aromatic rings. The van der Waals surface area contributed by atoms with Crippen LogP contribution in [0, 0.1) is 12.7 Å². The molecule has 0 saturated heterocycles. The van der Waals surface area contributed by atoms with Crippen LogP contribution in [0.4, 0.5) is 10.2 Å². The number of benzene rings is 1. The van der Waals surface area contributed by atoms with Gasteiger partial charge in [0, 0.05) is 6.54 Å². The average molecular weight is 285 g/mol. The molecule has 0 spiro atoms. The van der Waals surface area contributed by atoms with Crippen LogP contribution in [0.2, 0.25) is 0 Å². The Morgan fingerprint density at radius 3 is 2.48 bits per heavy atom. The number of anilines is 1. The summed E-state index contributed by atoms with van der Waals surface area (Å²) in [6, 6.07) is 10.3. The topological polar surface area (TPSA) is 37.8 Å². The van der Waals surface area contributed by atoms with Crippen molar-refractivity contribution in [2.75, 3.05) is 11.9 Å². The zero-order valence-electron chi connectivity index (χ0n) is 12.5. The van der Waals surface area contributed by atoms with Gasteiger partial charge in [0.25, 0.3) is 0 Å². The molecule has 0 aliphatic heterocycles. The first kappa shape index (κ1) is 14.0. The fraction of sp³-hybridized carbons (Fsp3) is 0.412. The van der Waals surface area contributed by atoms with Gasteiger partial charge in [0.1, 0.15) is 5.82 Å². The lowest BCUT2D eigenvalue weighted by atomic mass is 9.64. The first-order chi connectivity index (χ1) is 10.2. The van der Waals surface area contributed by atoms with Crippen molar-refractivity contribution in [2.24, 2.45) is 0 Å². The molecule has 0 atom stereocenters. The van der Waals surface area contributed by atoms with Gasteiger partial charge in [-0.2, -0.15) is 0 Å². The van der Waals surface area contributed by atoms with Crippen molar-refractivity contribution in [1.29, 1.82) is 0 Å². The minimum atomic E-state index is -0.344. The second-order valence-electron chi connectivity index (χ2n) is 5.63. The van der Waals surface area contributed by atoms with Gasteiger partial charge in [-0.15, -0.1) is 0 Å². The Bertz CT molecular complexity index is 636. The molecule has 21 heavy (non-hydrogen) atoms. The van der Waals surface area contributed by atoms with Gasteiger partial charge in [0.05, 0.1) is 11.1 Å². The van der Waals surface area contributed by atoms with Crippen molar-refractivity contribution in [3.05, 3.63) is 53.2 Å². The van der Waals surface area contributed by atoms with Crippen LogP contribution in [0.1, 0.15) is 43.3 Å². The predicted molar refractivity (Wildman–Crippen MR) is 82.0 cm³/mol. The number of rotatable bonds is 4. The molecule has 1 aliphatic rings. The van der Waals surface area contributed by atoms with Crippen molar-refractivity contribution in [2.45, 2.75) is 38.5 Å². The highest BCUT2D eigenvalue weighted by Gasteiger charge is 2.43. The molecule has 0 amide bonds. The van der Waals surface area contributed by atoms with E-state index in [0.29, 0.717) is 18.1 Å². The minimum Gasteiger partial charge on any atom is -0.368 e. The quantitative estimate of drug-likeness (QED) is 0.928. The van der Waals surface area contributed by atoms with E-state index in [9.17, 15) is 4.39 Å². The molecule has 1 N–H and O–H groups in total. The number of hydrogen-bond donors (Lipinski definition) is 1. The largest absolute Gasteiger partial charge is 0.368 e. The Morgan fingerprint density at radius 1 is 1.19 bits per heavy atom. The van der Waals surface area contributed by atoms with Crippen molar-refractivity contribution in [3.63, 3.8) is 0 Å². The van der Waals surface area contributed by atoms with Gasteiger partial charge < -0.3 is 5.32 Å². The minimum absolute atomic E-state index is 0.149. The molecule has 1 aliphatic carbocycles. The van der Waals surface area contributed by atoms with E-state index < -0.39 is 0 Å². The SMILES string of the molecule is CCNc1nc(C2(c3ccccc3)CCC2)nc(C)c1F. The van der Waals surface area contributed by atoms with Gasteiger partial charge in [-0.3, -0.25) is 0 Å². The highest BCUT2D eigenvalue weighted by Crippen LogP contribution is 2.47. The van der Waals surface area contributed by atoms with E-state index in [1.54, 1.807) is 6.92 Å². The number of nitrogens with one attached hydrogen (secondary N) is 1. The number of halogens is 1. The molecule has 3 nitrogen and oxygen atoms in total. The van der Waals surface area contributed by atoms with Crippen LogP contribution in [-0.2, 0) is 5.41 Å². The Labute approximate surface area is 124 Å². The summed E-state index contributed by atoms with van der Waals surface area (Å²) in [5.41, 5.74) is 1.49. The van der Waals surface area contributed by atoms with Crippen LogP contribution in [0.15, 0.2) is 30.3 Å². The van der Waals surface area contributed by atoms with Crippen LogP contribution in [0.5, 0.6) is 0 Å². The van der Waals surface area contributed by atoms with Crippen LogP contribution in [0.3, 0.4) is 0 Å². The van der Waals surface area contributed by atoms with E-state index in [2.05, 4.69) is 27.4 Å². The van der Waals surface area contributed by atoms with E-state index in [1.807, 2.05) is 25.1 Å². The number of hydrogen-bond acceptors (Lipinski definition) is 3. The Kier molecular flexibility index (Phi) is 3.62. The van der Waals surface area contributed by atoms with Gasteiger partial charge in [-0.25, -0.2) is 14.4 Å². The van der Waals surface area contributed by atoms with Crippen molar-refractivity contribution >= 4 is 5.82 Å². The molecule has 1 aromatic heterocycles. The Hall–Kier alpha value is -1.97. The number of aryl methyl sites for hydroxylation is 1. The molecule has 1 fully saturated rings. The molecule has 1 saturated carbocycles. The smallest absolute Gasteiger partial charge is 0.186 e. The van der Waals surface area contributed by atoms with Crippen molar-refractivity contribution in [3.8, 4) is 0 Å². The van der Waals surface area contributed by atoms with E-state index in [1.165, 1.54) is 5.56 Å². The number of nitrogens with zero attached hydrogens (tertiary/aromatic N) is 2. The van der Waals surface area contributed by atoms with Gasteiger partial charge in [0.2, 0.25) is 0 Å². The predicted octanol–water partition coefficient (Wildman–Crippen LogP) is 3.83. The molecule has 1 aromatic carbocycles. The zero-order valence-corrected chi connectivity index (χ0v) is 12.5. The maximum Gasteiger partial charge on any atom is 0.186 e. The van der Waals surface area contributed by atoms with E-state index in [0.717, 1.165) is 25.1 Å². The molecule has 0 bridgehead atoms. The van der Waals surface area contributed by atoms with Crippen molar-refractivity contribution < 1.29 is 4.39 Å². The highest BCUT2D eigenvalue weighted by atomic mass is 19.1. The monoisotopic (exact) mass is 285 g/mol. The molecule has 4 heteroatoms. The summed E-state index contributed by atoms with van der Waals surface area (Å²) >= 11 is 0. The maximum absolute atomic E-state index is 14.1. The second-order valence-corrected chi connectivity index (χ2v) is 5.63. The molecule has 110 valence electrons. The third-order valence-corrected chi connectivity index (χ3v) is 4.32. The first-order valence-corrected chi connectivity index (χ1v) is 7.51. The lowest BCUT2D eigenvalue weighted by Crippen LogP contribution is -2.38. The van der Waals surface area contributed by atoms with Crippen LogP contribution in [-0.4, -0.2) is 16.5 Å². The first-order valence-electron chi connectivity index (χ1n) is 7.51. The fourth-order valence-electron chi connectivity index (χ4n) is 2.99.